The van der Waals surface area contributed by atoms with E-state index in [1.54, 1.807) is 0 Å². The van der Waals surface area contributed by atoms with Crippen LogP contribution < -0.4 is 10.6 Å². The molecule has 0 aliphatic carbocycles. The monoisotopic (exact) mass is 145 g/mol. The van der Waals surface area contributed by atoms with Crippen LogP contribution >= 0.6 is 0 Å². The van der Waals surface area contributed by atoms with Crippen molar-refractivity contribution in [3.63, 3.8) is 0 Å². The Kier molecular flexibility index (Phi) is 2.71. The summed E-state index contributed by atoms with van der Waals surface area (Å²) < 4.78 is 0. The van der Waals surface area contributed by atoms with E-state index < -0.39 is 0 Å². The average molecular weight is 145 g/mol. The largest absolute Gasteiger partial charge is 0.351 e. The highest BCUT2D eigenvalue weighted by molar-refractivity contribution is 4.91. The molecule has 0 saturated carbocycles. The molecule has 3 heteroatoms. The Morgan fingerprint density at radius 3 is 3.20 bits per heavy atom. The third-order valence-electron chi connectivity index (χ3n) is 1.70. The molecule has 0 saturated heterocycles. The van der Waals surface area contributed by atoms with Crippen LogP contribution in [0.2, 0.25) is 0 Å². The van der Waals surface area contributed by atoms with Crippen LogP contribution in [0.5, 0.6) is 0 Å². The van der Waals surface area contributed by atoms with Gasteiger partial charge < -0.3 is 4.90 Å². The molecule has 0 fully saturated rings. The van der Waals surface area contributed by atoms with Gasteiger partial charge in [-0.25, -0.2) is 0 Å². The highest BCUT2D eigenvalue weighted by Crippen LogP contribution is 1.97. The normalized spacial score (nSPS) is 25.4. The van der Waals surface area contributed by atoms with Crippen molar-refractivity contribution in [1.29, 1.82) is 0 Å². The Hall–Kier alpha value is -0.540. The molecular weight excluding hydrogens is 126 g/mol. The summed E-state index contributed by atoms with van der Waals surface area (Å²) in [6.07, 6.45) is 4.56. The second-order valence-corrected chi connectivity index (χ2v) is 2.31. The van der Waals surface area contributed by atoms with E-state index in [0.717, 1.165) is 13.1 Å². The lowest BCUT2D eigenvalue weighted by Crippen LogP contribution is -2.53. The van der Waals surface area contributed by atoms with E-state index in [1.165, 1.54) is 0 Å². The molecular formula is C7H19N3. The molecule has 1 aliphatic heterocycles. The van der Waals surface area contributed by atoms with Gasteiger partial charge in [0.05, 0.1) is 0 Å². The summed E-state index contributed by atoms with van der Waals surface area (Å²) in [7, 11) is 1.96. The highest BCUT2D eigenvalue weighted by Gasteiger charge is 2.11. The van der Waals surface area contributed by atoms with Gasteiger partial charge in [0.25, 0.3) is 0 Å². The minimum absolute atomic E-state index is 0. The minimum atomic E-state index is 0. The Labute approximate surface area is 65.1 Å². The third kappa shape index (κ3) is 1.49. The molecule has 0 amide bonds. The summed E-state index contributed by atoms with van der Waals surface area (Å²) >= 11 is 0. The topological polar surface area (TPSA) is 27.3 Å². The molecule has 0 aromatic rings. The first-order valence-corrected chi connectivity index (χ1v) is 3.71. The van der Waals surface area contributed by atoms with Crippen LogP contribution in [0.15, 0.2) is 12.3 Å². The second-order valence-electron chi connectivity index (χ2n) is 2.31. The summed E-state index contributed by atoms with van der Waals surface area (Å²) in [6, 6.07) is 0. The number of hydrogen-bond acceptors (Lipinski definition) is 3. The van der Waals surface area contributed by atoms with Crippen molar-refractivity contribution in [2.45, 2.75) is 13.2 Å². The maximum absolute atomic E-state index is 3.30. The maximum Gasteiger partial charge on any atom is 0.134 e. The zero-order chi connectivity index (χ0) is 7.40. The second kappa shape index (κ2) is 3.58. The van der Waals surface area contributed by atoms with Gasteiger partial charge >= 0.3 is 0 Å². The van der Waals surface area contributed by atoms with Crippen LogP contribution in [0.1, 0.15) is 9.78 Å². The predicted octanol–water partition coefficient (Wildman–Crippen LogP) is 0.420. The number of nitrogens with zero attached hydrogens (tertiary/aromatic N) is 1. The van der Waals surface area contributed by atoms with Crippen LogP contribution in [0.4, 0.5) is 0 Å². The molecule has 1 heterocycles. The van der Waals surface area contributed by atoms with Crippen molar-refractivity contribution in [1.82, 2.24) is 15.5 Å². The van der Waals surface area contributed by atoms with Crippen molar-refractivity contribution >= 4 is 0 Å². The Bertz CT molecular complexity index is 130. The van der Waals surface area contributed by atoms with Crippen LogP contribution in [0.3, 0.4) is 0 Å². The van der Waals surface area contributed by atoms with Crippen molar-refractivity contribution in [3.8, 4) is 0 Å². The number of rotatable bonds is 2. The van der Waals surface area contributed by atoms with E-state index in [0.29, 0.717) is 6.29 Å². The SMILES string of the molecule is CCN1C=CCNC1NC.[HH].[HH]. The zero-order valence-electron chi connectivity index (χ0n) is 6.59. The molecule has 10 heavy (non-hydrogen) atoms. The lowest BCUT2D eigenvalue weighted by molar-refractivity contribution is 0.205. The first kappa shape index (κ1) is 7.57. The lowest BCUT2D eigenvalue weighted by atomic mass is 10.4. The van der Waals surface area contributed by atoms with E-state index in [9.17, 15) is 0 Å². The fraction of sp³-hybridized carbons (Fsp3) is 0.714. The van der Waals surface area contributed by atoms with Crippen molar-refractivity contribution in [2.75, 3.05) is 20.1 Å². The van der Waals surface area contributed by atoms with Crippen molar-refractivity contribution < 1.29 is 2.85 Å². The van der Waals surface area contributed by atoms with Gasteiger partial charge in [0.15, 0.2) is 0 Å². The Balaban J connectivity index is 0. The predicted molar refractivity (Wildman–Crippen MR) is 46.6 cm³/mol. The zero-order valence-corrected chi connectivity index (χ0v) is 6.59. The fourth-order valence-corrected chi connectivity index (χ4v) is 1.13. The molecule has 62 valence electrons. The molecule has 2 N–H and O–H groups in total. The van der Waals surface area contributed by atoms with Gasteiger partial charge in [-0.05, 0) is 20.2 Å². The average Bonchev–Trinajstić information content (AvgIpc) is 2.04. The molecule has 1 aliphatic rings. The molecule has 3 nitrogen and oxygen atoms in total. The first-order valence-electron chi connectivity index (χ1n) is 3.71. The molecule has 0 spiro atoms. The van der Waals surface area contributed by atoms with Crippen molar-refractivity contribution in [3.05, 3.63) is 12.3 Å². The van der Waals surface area contributed by atoms with Crippen LogP contribution in [-0.2, 0) is 0 Å². The summed E-state index contributed by atoms with van der Waals surface area (Å²) in [6.45, 7) is 4.14. The summed E-state index contributed by atoms with van der Waals surface area (Å²) in [5, 5.41) is 6.47. The first-order chi connectivity index (χ1) is 4.88. The molecule has 0 aromatic heterocycles. The van der Waals surface area contributed by atoms with Gasteiger partial charge in [-0.2, -0.15) is 0 Å². The number of hydrogen-bond donors (Lipinski definition) is 2. The quantitative estimate of drug-likeness (QED) is 0.589. The van der Waals surface area contributed by atoms with E-state index in [1.807, 2.05) is 7.05 Å². The maximum atomic E-state index is 3.30. The highest BCUT2D eigenvalue weighted by atomic mass is 15.4. The number of nitrogens with one attached hydrogen (secondary N) is 2. The van der Waals surface area contributed by atoms with Crippen LogP contribution in [0, 0.1) is 0 Å². The molecule has 0 aromatic carbocycles. The fourth-order valence-electron chi connectivity index (χ4n) is 1.13. The molecule has 1 unspecified atom stereocenters. The standard InChI is InChI=1S/C7H15N3.2H2/c1-3-10-6-4-5-9-7(10)8-2;;/h4,6-9H,3,5H2,1-2H3;2*1H. The van der Waals surface area contributed by atoms with E-state index in [2.05, 4.69) is 34.7 Å². The molecule has 0 radical (unpaired) electrons. The van der Waals surface area contributed by atoms with E-state index >= 15 is 0 Å². The van der Waals surface area contributed by atoms with Crippen LogP contribution in [0.25, 0.3) is 0 Å². The van der Waals surface area contributed by atoms with Gasteiger partial charge in [-0.1, -0.05) is 6.08 Å². The smallest absolute Gasteiger partial charge is 0.134 e. The summed E-state index contributed by atoms with van der Waals surface area (Å²) in [4.78, 5) is 2.21. The van der Waals surface area contributed by atoms with Gasteiger partial charge in [0.2, 0.25) is 0 Å². The Morgan fingerprint density at radius 2 is 2.70 bits per heavy atom. The van der Waals surface area contributed by atoms with Gasteiger partial charge in [-0.15, -0.1) is 0 Å². The van der Waals surface area contributed by atoms with E-state index in [4.69, 9.17) is 0 Å². The molecule has 0 bridgehead atoms. The van der Waals surface area contributed by atoms with Gasteiger partial charge in [-0.3, -0.25) is 10.6 Å². The van der Waals surface area contributed by atoms with Crippen LogP contribution in [-0.4, -0.2) is 31.3 Å². The molecule has 1 atom stereocenters. The summed E-state index contributed by atoms with van der Waals surface area (Å²) in [5.41, 5.74) is 0. The van der Waals surface area contributed by atoms with Crippen molar-refractivity contribution in [2.24, 2.45) is 0 Å². The molecule has 1 rings (SSSR count). The van der Waals surface area contributed by atoms with Gasteiger partial charge in [0.1, 0.15) is 6.29 Å². The third-order valence-corrected chi connectivity index (χ3v) is 1.70. The van der Waals surface area contributed by atoms with Gasteiger partial charge in [0, 0.05) is 15.9 Å². The minimum Gasteiger partial charge on any atom is -0.351 e. The summed E-state index contributed by atoms with van der Waals surface area (Å²) in [5.74, 6) is 0. The Morgan fingerprint density at radius 1 is 1.90 bits per heavy atom. The van der Waals surface area contributed by atoms with E-state index in [-0.39, 0.29) is 2.85 Å². The lowest BCUT2D eigenvalue weighted by Gasteiger charge is -2.32.